The van der Waals surface area contributed by atoms with Crippen LogP contribution in [0.3, 0.4) is 0 Å². The Balaban J connectivity index is 1.72. The Hall–Kier alpha value is -0.870. The van der Waals surface area contributed by atoms with Gasteiger partial charge in [0.05, 0.1) is 0 Å². The van der Waals surface area contributed by atoms with Gasteiger partial charge in [-0.15, -0.1) is 0 Å². The van der Waals surface area contributed by atoms with Gasteiger partial charge in [-0.2, -0.15) is 0 Å². The van der Waals surface area contributed by atoms with Crippen LogP contribution in [0.15, 0.2) is 28.7 Å². The maximum atomic E-state index is 11.9. The van der Waals surface area contributed by atoms with E-state index < -0.39 is 0 Å². The summed E-state index contributed by atoms with van der Waals surface area (Å²) in [4.78, 5) is 11.9. The third kappa shape index (κ3) is 3.82. The van der Waals surface area contributed by atoms with E-state index in [-0.39, 0.29) is 17.9 Å². The second-order valence-corrected chi connectivity index (χ2v) is 5.85. The molecule has 1 aliphatic rings. The fourth-order valence-electron chi connectivity index (χ4n) is 2.38. The molecule has 1 amide bonds. The summed E-state index contributed by atoms with van der Waals surface area (Å²) in [5.74, 6) is 0.296. The third-order valence-electron chi connectivity index (χ3n) is 3.47. The first kappa shape index (κ1) is 13.6. The Morgan fingerprint density at radius 1 is 1.33 bits per heavy atom. The van der Waals surface area contributed by atoms with Crippen molar-refractivity contribution in [2.45, 2.75) is 31.7 Å². The lowest BCUT2D eigenvalue weighted by Crippen LogP contribution is -2.31. The van der Waals surface area contributed by atoms with Crippen LogP contribution in [0.1, 0.15) is 24.8 Å². The number of carbonyl (C=O) groups is 1. The van der Waals surface area contributed by atoms with E-state index in [0.717, 1.165) is 30.2 Å². The van der Waals surface area contributed by atoms with Crippen molar-refractivity contribution in [2.75, 3.05) is 6.54 Å². The normalized spacial score (nSPS) is 23.0. The molecule has 0 spiro atoms. The summed E-state index contributed by atoms with van der Waals surface area (Å²) < 4.78 is 1.08. The Kier molecular flexibility index (Phi) is 4.78. The Morgan fingerprint density at radius 2 is 2.06 bits per heavy atom. The summed E-state index contributed by atoms with van der Waals surface area (Å²) in [5.41, 5.74) is 7.05. The number of rotatable bonds is 4. The molecule has 3 nitrogen and oxygen atoms in total. The maximum absolute atomic E-state index is 11.9. The number of amides is 1. The molecule has 1 fully saturated rings. The zero-order chi connectivity index (χ0) is 13.0. The summed E-state index contributed by atoms with van der Waals surface area (Å²) in [6.45, 7) is 0.701. The van der Waals surface area contributed by atoms with E-state index >= 15 is 0 Å². The molecule has 0 heterocycles. The molecule has 98 valence electrons. The summed E-state index contributed by atoms with van der Waals surface area (Å²) in [6.07, 6.45) is 3.62. The third-order valence-corrected chi connectivity index (χ3v) is 4.00. The second-order valence-electron chi connectivity index (χ2n) is 4.94. The SMILES string of the molecule is NC1CCC(C(=O)NCCc2ccc(Br)cc2)C1. The summed E-state index contributed by atoms with van der Waals surface area (Å²) in [5, 5.41) is 3.00. The number of halogens is 1. The number of hydrogen-bond acceptors (Lipinski definition) is 2. The van der Waals surface area contributed by atoms with Crippen molar-refractivity contribution in [2.24, 2.45) is 11.7 Å². The number of hydrogen-bond donors (Lipinski definition) is 2. The Morgan fingerprint density at radius 3 is 2.67 bits per heavy atom. The molecule has 18 heavy (non-hydrogen) atoms. The van der Waals surface area contributed by atoms with Crippen LogP contribution >= 0.6 is 15.9 Å². The van der Waals surface area contributed by atoms with Crippen LogP contribution in [0.4, 0.5) is 0 Å². The van der Waals surface area contributed by atoms with Gasteiger partial charge in [0.25, 0.3) is 0 Å². The highest BCUT2D eigenvalue weighted by Gasteiger charge is 2.27. The van der Waals surface area contributed by atoms with Crippen LogP contribution < -0.4 is 11.1 Å². The minimum atomic E-state index is 0.130. The fraction of sp³-hybridized carbons (Fsp3) is 0.500. The van der Waals surface area contributed by atoms with E-state index in [0.29, 0.717) is 6.54 Å². The quantitative estimate of drug-likeness (QED) is 0.896. The smallest absolute Gasteiger partial charge is 0.223 e. The van der Waals surface area contributed by atoms with Crippen LogP contribution in [-0.2, 0) is 11.2 Å². The first-order chi connectivity index (χ1) is 8.65. The average Bonchev–Trinajstić information content (AvgIpc) is 2.78. The van der Waals surface area contributed by atoms with E-state index in [1.807, 2.05) is 12.1 Å². The van der Waals surface area contributed by atoms with Crippen LogP contribution in [0.2, 0.25) is 0 Å². The highest BCUT2D eigenvalue weighted by Crippen LogP contribution is 2.23. The predicted molar refractivity (Wildman–Crippen MR) is 76.2 cm³/mol. The summed E-state index contributed by atoms with van der Waals surface area (Å²) in [7, 11) is 0. The lowest BCUT2D eigenvalue weighted by molar-refractivity contribution is -0.124. The van der Waals surface area contributed by atoms with Gasteiger partial charge in [-0.25, -0.2) is 0 Å². The number of nitrogens with two attached hydrogens (primary N) is 1. The molecule has 0 bridgehead atoms. The van der Waals surface area contributed by atoms with E-state index in [2.05, 4.69) is 33.4 Å². The molecular weight excluding hydrogens is 292 g/mol. The zero-order valence-electron chi connectivity index (χ0n) is 10.4. The lowest BCUT2D eigenvalue weighted by atomic mass is 10.1. The topological polar surface area (TPSA) is 55.1 Å². The minimum absolute atomic E-state index is 0.130. The van der Waals surface area contributed by atoms with E-state index in [4.69, 9.17) is 5.73 Å². The van der Waals surface area contributed by atoms with Gasteiger partial charge in [0, 0.05) is 23.0 Å². The molecular formula is C14H19BrN2O. The van der Waals surface area contributed by atoms with Crippen LogP contribution in [0.5, 0.6) is 0 Å². The monoisotopic (exact) mass is 310 g/mol. The Labute approximate surface area is 116 Å². The molecule has 2 unspecified atom stereocenters. The van der Waals surface area contributed by atoms with Gasteiger partial charge in [-0.1, -0.05) is 28.1 Å². The molecule has 2 rings (SSSR count). The van der Waals surface area contributed by atoms with Gasteiger partial charge in [-0.05, 0) is 43.4 Å². The van der Waals surface area contributed by atoms with Gasteiger partial charge < -0.3 is 11.1 Å². The van der Waals surface area contributed by atoms with E-state index in [1.54, 1.807) is 0 Å². The molecule has 0 aromatic heterocycles. The molecule has 1 aromatic carbocycles. The molecule has 0 radical (unpaired) electrons. The number of nitrogens with one attached hydrogen (secondary N) is 1. The highest BCUT2D eigenvalue weighted by atomic mass is 79.9. The molecule has 1 saturated carbocycles. The van der Waals surface area contributed by atoms with Crippen LogP contribution in [0, 0.1) is 5.92 Å². The van der Waals surface area contributed by atoms with Gasteiger partial charge in [-0.3, -0.25) is 4.79 Å². The van der Waals surface area contributed by atoms with Crippen molar-refractivity contribution in [3.05, 3.63) is 34.3 Å². The standard InChI is InChI=1S/C14H19BrN2O/c15-12-4-1-10(2-5-12)7-8-17-14(18)11-3-6-13(16)9-11/h1-2,4-5,11,13H,3,6-9,16H2,(H,17,18). The second kappa shape index (κ2) is 6.34. The van der Waals surface area contributed by atoms with Gasteiger partial charge >= 0.3 is 0 Å². The molecule has 1 aliphatic carbocycles. The largest absolute Gasteiger partial charge is 0.356 e. The number of carbonyl (C=O) groups excluding carboxylic acids is 1. The molecule has 3 N–H and O–H groups in total. The van der Waals surface area contributed by atoms with E-state index in [9.17, 15) is 4.79 Å². The Bertz CT molecular complexity index is 405. The maximum Gasteiger partial charge on any atom is 0.223 e. The van der Waals surface area contributed by atoms with Crippen molar-refractivity contribution in [3.63, 3.8) is 0 Å². The van der Waals surface area contributed by atoms with Crippen molar-refractivity contribution < 1.29 is 4.79 Å². The van der Waals surface area contributed by atoms with Crippen molar-refractivity contribution in [1.82, 2.24) is 5.32 Å². The van der Waals surface area contributed by atoms with Crippen LogP contribution in [-0.4, -0.2) is 18.5 Å². The predicted octanol–water partition coefficient (Wildman–Crippen LogP) is 2.24. The van der Waals surface area contributed by atoms with E-state index in [1.165, 1.54) is 5.56 Å². The van der Waals surface area contributed by atoms with Gasteiger partial charge in [0.1, 0.15) is 0 Å². The highest BCUT2D eigenvalue weighted by molar-refractivity contribution is 9.10. The lowest BCUT2D eigenvalue weighted by Gasteiger charge is -2.10. The fourth-order valence-corrected chi connectivity index (χ4v) is 2.64. The molecule has 0 aliphatic heterocycles. The molecule has 0 saturated heterocycles. The van der Waals surface area contributed by atoms with Gasteiger partial charge in [0.2, 0.25) is 5.91 Å². The molecule has 4 heteroatoms. The first-order valence-electron chi connectivity index (χ1n) is 6.43. The first-order valence-corrected chi connectivity index (χ1v) is 7.22. The molecule has 2 atom stereocenters. The van der Waals surface area contributed by atoms with Gasteiger partial charge in [0.15, 0.2) is 0 Å². The minimum Gasteiger partial charge on any atom is -0.356 e. The number of benzene rings is 1. The van der Waals surface area contributed by atoms with Crippen molar-refractivity contribution in [3.8, 4) is 0 Å². The average molecular weight is 311 g/mol. The van der Waals surface area contributed by atoms with Crippen LogP contribution in [0.25, 0.3) is 0 Å². The van der Waals surface area contributed by atoms with Crippen molar-refractivity contribution >= 4 is 21.8 Å². The molecule has 1 aromatic rings. The van der Waals surface area contributed by atoms with Crippen molar-refractivity contribution in [1.29, 1.82) is 0 Å². The summed E-state index contributed by atoms with van der Waals surface area (Å²) >= 11 is 3.41. The zero-order valence-corrected chi connectivity index (χ0v) is 11.9. The summed E-state index contributed by atoms with van der Waals surface area (Å²) in [6, 6.07) is 8.40.